The van der Waals surface area contributed by atoms with Crippen molar-refractivity contribution in [1.29, 1.82) is 0 Å². The molecular weight excluding hydrogens is 318 g/mol. The smallest absolute Gasteiger partial charge is 0.220 e. The molecule has 7 heteroatoms. The van der Waals surface area contributed by atoms with Crippen LogP contribution in [0, 0.1) is 13.8 Å². The van der Waals surface area contributed by atoms with Crippen molar-refractivity contribution in [2.24, 2.45) is 0 Å². The highest BCUT2D eigenvalue weighted by Crippen LogP contribution is 2.31. The molecule has 1 aromatic heterocycles. The fourth-order valence-electron chi connectivity index (χ4n) is 4.31. The maximum absolute atomic E-state index is 11.8. The van der Waals surface area contributed by atoms with E-state index in [4.69, 9.17) is 0 Å². The number of piperazine rings is 1. The number of aryl methyl sites for hydroxylation is 1. The zero-order chi connectivity index (χ0) is 18.0. The molecule has 2 aliphatic rings. The number of aromatic nitrogens is 2. The Morgan fingerprint density at radius 2 is 2.08 bits per heavy atom. The third-order valence-electron chi connectivity index (χ3n) is 6.03. The van der Waals surface area contributed by atoms with Gasteiger partial charge in [-0.15, -0.1) is 0 Å². The lowest BCUT2D eigenvalue weighted by molar-refractivity contribution is -0.121. The van der Waals surface area contributed by atoms with Gasteiger partial charge >= 0.3 is 0 Å². The molecule has 0 radical (unpaired) electrons. The van der Waals surface area contributed by atoms with Crippen molar-refractivity contribution in [3.63, 3.8) is 0 Å². The first-order valence-corrected chi connectivity index (χ1v) is 9.29. The molecule has 0 aliphatic carbocycles. The summed E-state index contributed by atoms with van der Waals surface area (Å²) in [6, 6.07) is 0. The minimum atomic E-state index is 0.0836. The average Bonchev–Trinajstić information content (AvgIpc) is 2.73. The van der Waals surface area contributed by atoms with Gasteiger partial charge in [0.25, 0.3) is 0 Å². The number of carbonyl (C=O) groups is 1. The van der Waals surface area contributed by atoms with Crippen LogP contribution in [0.2, 0.25) is 0 Å². The molecule has 1 spiro atoms. The number of rotatable bonds is 4. The second-order valence-electron chi connectivity index (χ2n) is 7.55. The molecule has 2 N–H and O–H groups in total. The number of nitrogens with one attached hydrogen (secondary N) is 1. The molecule has 0 aromatic carbocycles. The highest BCUT2D eigenvalue weighted by molar-refractivity contribution is 5.76. The van der Waals surface area contributed by atoms with Gasteiger partial charge in [-0.1, -0.05) is 0 Å². The maximum Gasteiger partial charge on any atom is 0.220 e. The Labute approximate surface area is 150 Å². The third kappa shape index (κ3) is 3.73. The lowest BCUT2D eigenvalue weighted by atomic mass is 9.86. The maximum atomic E-state index is 11.8. The predicted octanol–water partition coefficient (Wildman–Crippen LogP) is 0.279. The summed E-state index contributed by atoms with van der Waals surface area (Å²) in [5.41, 5.74) is 3.56. The number of carbonyl (C=O) groups excluding carboxylic acids is 1. The molecule has 7 nitrogen and oxygen atoms in total. The summed E-state index contributed by atoms with van der Waals surface area (Å²) in [4.78, 5) is 16.7. The van der Waals surface area contributed by atoms with Crippen LogP contribution in [0.1, 0.15) is 36.2 Å². The van der Waals surface area contributed by atoms with Crippen LogP contribution in [0.5, 0.6) is 0 Å². The number of aliphatic hydroxyl groups excluding tert-OH is 1. The normalized spacial score (nSPS) is 26.0. The molecule has 0 bridgehead atoms. The van der Waals surface area contributed by atoms with E-state index < -0.39 is 0 Å². The van der Waals surface area contributed by atoms with Crippen LogP contribution in [0.4, 0.5) is 0 Å². The van der Waals surface area contributed by atoms with Crippen LogP contribution in [0.3, 0.4) is 0 Å². The molecule has 1 aromatic rings. The van der Waals surface area contributed by atoms with Gasteiger partial charge in [0.2, 0.25) is 5.91 Å². The Bertz CT molecular complexity index is 629. The van der Waals surface area contributed by atoms with Crippen molar-refractivity contribution in [3.8, 4) is 0 Å². The van der Waals surface area contributed by atoms with Gasteiger partial charge in [0, 0.05) is 55.9 Å². The molecular formula is C18H31N5O2. The molecule has 2 aliphatic heterocycles. The van der Waals surface area contributed by atoms with Crippen molar-refractivity contribution in [2.45, 2.75) is 51.7 Å². The highest BCUT2D eigenvalue weighted by atomic mass is 16.3. The number of hydrogen-bond acceptors (Lipinski definition) is 5. The van der Waals surface area contributed by atoms with Crippen molar-refractivity contribution in [2.75, 3.05) is 39.8 Å². The van der Waals surface area contributed by atoms with E-state index in [0.717, 1.165) is 57.0 Å². The number of aliphatic hydroxyl groups is 1. The molecule has 2 fully saturated rings. The van der Waals surface area contributed by atoms with Crippen molar-refractivity contribution < 1.29 is 9.90 Å². The van der Waals surface area contributed by atoms with E-state index in [2.05, 4.69) is 41.1 Å². The van der Waals surface area contributed by atoms with Crippen molar-refractivity contribution in [3.05, 3.63) is 17.0 Å². The topological polar surface area (TPSA) is 73.6 Å². The first-order chi connectivity index (χ1) is 11.9. The second kappa shape index (κ2) is 7.43. The molecule has 1 atom stereocenters. The van der Waals surface area contributed by atoms with E-state index in [-0.39, 0.29) is 18.1 Å². The monoisotopic (exact) mass is 349 g/mol. The summed E-state index contributed by atoms with van der Waals surface area (Å²) in [5.74, 6) is 0.180. The van der Waals surface area contributed by atoms with E-state index in [1.54, 1.807) is 0 Å². The zero-order valence-electron chi connectivity index (χ0n) is 15.7. The quantitative estimate of drug-likeness (QED) is 0.817. The van der Waals surface area contributed by atoms with Gasteiger partial charge in [0.1, 0.15) is 0 Å². The molecule has 3 heterocycles. The van der Waals surface area contributed by atoms with Crippen molar-refractivity contribution >= 4 is 5.91 Å². The van der Waals surface area contributed by atoms with Crippen molar-refractivity contribution in [1.82, 2.24) is 24.9 Å². The van der Waals surface area contributed by atoms with E-state index in [9.17, 15) is 9.90 Å². The van der Waals surface area contributed by atoms with Crippen LogP contribution < -0.4 is 5.32 Å². The van der Waals surface area contributed by atoms with E-state index in [1.165, 1.54) is 5.56 Å². The molecule has 1 amide bonds. The van der Waals surface area contributed by atoms with Crippen LogP contribution in [0.15, 0.2) is 0 Å². The Morgan fingerprint density at radius 3 is 2.84 bits per heavy atom. The van der Waals surface area contributed by atoms with E-state index >= 15 is 0 Å². The summed E-state index contributed by atoms with van der Waals surface area (Å²) in [6.45, 7) is 9.50. The Balaban J connectivity index is 1.75. The minimum absolute atomic E-state index is 0.0836. The van der Waals surface area contributed by atoms with Gasteiger partial charge in [0.05, 0.1) is 18.8 Å². The molecule has 0 unspecified atom stereocenters. The summed E-state index contributed by atoms with van der Waals surface area (Å²) < 4.78 is 1.91. The van der Waals surface area contributed by atoms with E-state index in [1.807, 2.05) is 4.68 Å². The highest BCUT2D eigenvalue weighted by Gasteiger charge is 2.41. The zero-order valence-corrected chi connectivity index (χ0v) is 15.7. The largest absolute Gasteiger partial charge is 0.394 e. The van der Waals surface area contributed by atoms with Gasteiger partial charge < -0.3 is 10.4 Å². The van der Waals surface area contributed by atoms with Gasteiger partial charge in [-0.25, -0.2) is 0 Å². The Hall–Kier alpha value is -1.44. The summed E-state index contributed by atoms with van der Waals surface area (Å²) >= 11 is 0. The fourth-order valence-corrected chi connectivity index (χ4v) is 4.31. The number of hydrogen-bond donors (Lipinski definition) is 2. The number of likely N-dealkylation sites (N-methyl/N-ethyl adjacent to an activating group) is 1. The average molecular weight is 349 g/mol. The molecule has 25 heavy (non-hydrogen) atoms. The molecule has 140 valence electrons. The SMILES string of the molecule is Cc1nn(CCO)c(C)c1CN1CCN(C)[C@@]2(CCNC(=O)CC2)C1. The second-order valence-corrected chi connectivity index (χ2v) is 7.55. The van der Waals surface area contributed by atoms with Crippen LogP contribution >= 0.6 is 0 Å². The Kier molecular flexibility index (Phi) is 5.46. The lowest BCUT2D eigenvalue weighted by Gasteiger charge is -2.49. The molecule has 3 rings (SSSR count). The van der Waals surface area contributed by atoms with Gasteiger partial charge in [0.15, 0.2) is 0 Å². The third-order valence-corrected chi connectivity index (χ3v) is 6.03. The molecule has 0 saturated carbocycles. The van der Waals surface area contributed by atoms with Crippen LogP contribution in [-0.4, -0.2) is 76.0 Å². The minimum Gasteiger partial charge on any atom is -0.394 e. The van der Waals surface area contributed by atoms with Gasteiger partial charge in [-0.3, -0.25) is 19.3 Å². The lowest BCUT2D eigenvalue weighted by Crippen LogP contribution is -2.60. The van der Waals surface area contributed by atoms with Crippen LogP contribution in [0.25, 0.3) is 0 Å². The first kappa shape index (κ1) is 18.4. The van der Waals surface area contributed by atoms with Crippen LogP contribution in [-0.2, 0) is 17.9 Å². The first-order valence-electron chi connectivity index (χ1n) is 9.29. The predicted molar refractivity (Wildman–Crippen MR) is 96.3 cm³/mol. The number of amides is 1. The molecule has 2 saturated heterocycles. The fraction of sp³-hybridized carbons (Fsp3) is 0.778. The standard InChI is InChI=1S/C18H31N5O2/c1-14-16(15(2)23(20-14)10-11-24)12-22-9-8-21(3)18(13-22)5-4-17(25)19-7-6-18/h24H,4-13H2,1-3H3,(H,19,25)/t18-/m0/s1. The summed E-state index contributed by atoms with van der Waals surface area (Å²) in [5, 5.41) is 16.8. The van der Waals surface area contributed by atoms with Gasteiger partial charge in [-0.2, -0.15) is 5.10 Å². The van der Waals surface area contributed by atoms with Gasteiger partial charge in [-0.05, 0) is 33.7 Å². The van der Waals surface area contributed by atoms with E-state index in [0.29, 0.717) is 13.0 Å². The summed E-state index contributed by atoms with van der Waals surface area (Å²) in [7, 11) is 2.20. The summed E-state index contributed by atoms with van der Waals surface area (Å²) in [6.07, 6.45) is 2.55. The Morgan fingerprint density at radius 1 is 1.28 bits per heavy atom. The number of nitrogens with zero attached hydrogens (tertiary/aromatic N) is 4.